The van der Waals surface area contributed by atoms with Crippen molar-refractivity contribution in [3.05, 3.63) is 47.8 Å². The van der Waals surface area contributed by atoms with Crippen LogP contribution in [0.2, 0.25) is 0 Å². The third-order valence-corrected chi connectivity index (χ3v) is 4.20. The molecule has 3 rings (SSSR count). The van der Waals surface area contributed by atoms with Crippen molar-refractivity contribution in [2.45, 2.75) is 12.8 Å². The smallest absolute Gasteiger partial charge is 0.280 e. The average Bonchev–Trinajstić information content (AvgIpc) is 2.93. The van der Waals surface area contributed by atoms with Crippen LogP contribution in [-0.2, 0) is 4.79 Å². The summed E-state index contributed by atoms with van der Waals surface area (Å²) in [5.74, 6) is 0.0552. The summed E-state index contributed by atoms with van der Waals surface area (Å²) in [6.45, 7) is 0.154. The molecule has 8 nitrogen and oxygen atoms in total. The summed E-state index contributed by atoms with van der Waals surface area (Å²) in [6, 6.07) is 8.26. The van der Waals surface area contributed by atoms with Gasteiger partial charge in [-0.2, -0.15) is 0 Å². The second-order valence-electron chi connectivity index (χ2n) is 5.88. The first-order chi connectivity index (χ1) is 13.0. The van der Waals surface area contributed by atoms with Crippen molar-refractivity contribution in [3.8, 4) is 11.5 Å². The molecule has 0 saturated carbocycles. The fourth-order valence-electron chi connectivity index (χ4n) is 2.83. The summed E-state index contributed by atoms with van der Waals surface area (Å²) >= 11 is 0. The van der Waals surface area contributed by atoms with E-state index in [4.69, 9.17) is 9.47 Å². The number of benzene rings is 1. The van der Waals surface area contributed by atoms with Gasteiger partial charge in [-0.05, 0) is 30.7 Å². The fourth-order valence-corrected chi connectivity index (χ4v) is 2.83. The summed E-state index contributed by atoms with van der Waals surface area (Å²) in [4.78, 5) is 41.8. The number of anilines is 1. The molecule has 0 spiro atoms. The van der Waals surface area contributed by atoms with Gasteiger partial charge in [0.2, 0.25) is 5.91 Å². The van der Waals surface area contributed by atoms with Crippen molar-refractivity contribution in [1.82, 2.24) is 9.88 Å². The molecule has 0 aliphatic carbocycles. The van der Waals surface area contributed by atoms with Crippen LogP contribution in [0.3, 0.4) is 0 Å². The van der Waals surface area contributed by atoms with Crippen molar-refractivity contribution < 1.29 is 23.9 Å². The van der Waals surface area contributed by atoms with Crippen molar-refractivity contribution in [1.29, 1.82) is 0 Å². The molecule has 1 aromatic heterocycles. The van der Waals surface area contributed by atoms with Crippen LogP contribution < -0.4 is 14.8 Å². The van der Waals surface area contributed by atoms with E-state index in [1.54, 1.807) is 37.4 Å². The Labute approximate surface area is 156 Å². The molecule has 1 aromatic carbocycles. The van der Waals surface area contributed by atoms with Crippen LogP contribution in [0.4, 0.5) is 5.69 Å². The Morgan fingerprint density at radius 3 is 2.67 bits per heavy atom. The van der Waals surface area contributed by atoms with E-state index >= 15 is 0 Å². The quantitative estimate of drug-likeness (QED) is 0.751. The lowest BCUT2D eigenvalue weighted by atomic mass is 10.2. The van der Waals surface area contributed by atoms with E-state index in [2.05, 4.69) is 10.3 Å². The summed E-state index contributed by atoms with van der Waals surface area (Å²) in [7, 11) is 3.04. The van der Waals surface area contributed by atoms with Gasteiger partial charge in [0.25, 0.3) is 11.8 Å². The van der Waals surface area contributed by atoms with Gasteiger partial charge in [0.05, 0.1) is 25.5 Å². The van der Waals surface area contributed by atoms with Crippen LogP contribution in [0.25, 0.3) is 0 Å². The van der Waals surface area contributed by atoms with Gasteiger partial charge in [-0.3, -0.25) is 24.3 Å². The molecule has 0 fully saturated rings. The number of hydrogen-bond acceptors (Lipinski definition) is 6. The number of nitrogens with zero attached hydrogens (tertiary/aromatic N) is 2. The molecule has 0 unspecified atom stereocenters. The van der Waals surface area contributed by atoms with Gasteiger partial charge < -0.3 is 14.8 Å². The number of carbonyl (C=O) groups is 3. The van der Waals surface area contributed by atoms with Crippen molar-refractivity contribution in [2.24, 2.45) is 0 Å². The Morgan fingerprint density at radius 1 is 1.15 bits per heavy atom. The number of ether oxygens (including phenoxy) is 2. The lowest BCUT2D eigenvalue weighted by molar-refractivity contribution is -0.116. The fraction of sp³-hybridized carbons (Fsp3) is 0.263. The van der Waals surface area contributed by atoms with Gasteiger partial charge in [0.1, 0.15) is 17.2 Å². The Morgan fingerprint density at radius 2 is 1.96 bits per heavy atom. The zero-order valence-corrected chi connectivity index (χ0v) is 15.0. The molecule has 3 amide bonds. The zero-order valence-electron chi connectivity index (χ0n) is 15.0. The maximum Gasteiger partial charge on any atom is 0.280 e. The number of pyridine rings is 1. The number of rotatable bonds is 7. The van der Waals surface area contributed by atoms with E-state index in [0.29, 0.717) is 29.2 Å². The highest BCUT2D eigenvalue weighted by Gasteiger charge is 2.36. The largest absolute Gasteiger partial charge is 0.497 e. The minimum Gasteiger partial charge on any atom is -0.497 e. The highest BCUT2D eigenvalue weighted by molar-refractivity contribution is 6.20. The molecule has 140 valence electrons. The molecule has 0 atom stereocenters. The summed E-state index contributed by atoms with van der Waals surface area (Å²) < 4.78 is 10.4. The Balaban J connectivity index is 1.55. The second kappa shape index (κ2) is 7.86. The van der Waals surface area contributed by atoms with E-state index in [1.807, 2.05) is 0 Å². The maximum absolute atomic E-state index is 12.3. The van der Waals surface area contributed by atoms with Crippen molar-refractivity contribution in [3.63, 3.8) is 0 Å². The van der Waals surface area contributed by atoms with E-state index in [9.17, 15) is 14.4 Å². The number of hydrogen-bond donors (Lipinski definition) is 1. The predicted octanol–water partition coefficient (Wildman–Crippen LogP) is 2.11. The van der Waals surface area contributed by atoms with E-state index in [-0.39, 0.29) is 30.5 Å². The predicted molar refractivity (Wildman–Crippen MR) is 97.0 cm³/mol. The Hall–Kier alpha value is -3.42. The first-order valence-electron chi connectivity index (χ1n) is 8.38. The molecular weight excluding hydrogens is 350 g/mol. The van der Waals surface area contributed by atoms with E-state index < -0.39 is 5.91 Å². The van der Waals surface area contributed by atoms with Gasteiger partial charge in [0.15, 0.2) is 0 Å². The molecule has 27 heavy (non-hydrogen) atoms. The molecule has 1 aliphatic rings. The molecule has 0 bridgehead atoms. The van der Waals surface area contributed by atoms with Crippen LogP contribution in [-0.4, -0.2) is 48.4 Å². The Bertz CT molecular complexity index is 862. The van der Waals surface area contributed by atoms with Gasteiger partial charge in [0, 0.05) is 25.2 Å². The van der Waals surface area contributed by atoms with Crippen LogP contribution in [0.5, 0.6) is 11.5 Å². The lowest BCUT2D eigenvalue weighted by Gasteiger charge is -2.14. The molecule has 0 radical (unpaired) electrons. The molecule has 1 aliphatic heterocycles. The molecule has 2 aromatic rings. The minimum absolute atomic E-state index is 0.149. The SMILES string of the molecule is COc1ccc(NC(=O)CCCN2C(=O)c3cccnc3C2=O)c(OC)c1. The molecule has 2 heterocycles. The highest BCUT2D eigenvalue weighted by Crippen LogP contribution is 2.29. The normalized spacial score (nSPS) is 12.7. The number of methoxy groups -OCH3 is 2. The highest BCUT2D eigenvalue weighted by atomic mass is 16.5. The molecule has 8 heteroatoms. The number of imide groups is 1. The van der Waals surface area contributed by atoms with Crippen molar-refractivity contribution in [2.75, 3.05) is 26.1 Å². The van der Waals surface area contributed by atoms with Crippen LogP contribution in [0, 0.1) is 0 Å². The van der Waals surface area contributed by atoms with Crippen molar-refractivity contribution >= 4 is 23.4 Å². The minimum atomic E-state index is -0.423. The monoisotopic (exact) mass is 369 g/mol. The first-order valence-corrected chi connectivity index (χ1v) is 8.38. The first kappa shape index (κ1) is 18.4. The zero-order chi connectivity index (χ0) is 19.4. The topological polar surface area (TPSA) is 97.8 Å². The molecular formula is C19H19N3O5. The lowest BCUT2D eigenvalue weighted by Crippen LogP contribution is -2.31. The standard InChI is InChI=1S/C19H19N3O5/c1-26-12-7-8-14(15(11-12)27-2)21-16(23)6-4-10-22-18(24)13-5-3-9-20-17(13)19(22)25/h3,5,7-9,11H,4,6,10H2,1-2H3,(H,21,23). The number of aromatic nitrogens is 1. The van der Waals surface area contributed by atoms with Crippen LogP contribution in [0.15, 0.2) is 36.5 Å². The van der Waals surface area contributed by atoms with Gasteiger partial charge in [-0.1, -0.05) is 0 Å². The van der Waals surface area contributed by atoms with Gasteiger partial charge in [-0.25, -0.2) is 0 Å². The number of fused-ring (bicyclic) bond motifs is 1. The average molecular weight is 369 g/mol. The summed E-state index contributed by atoms with van der Waals surface area (Å²) in [5, 5.41) is 2.76. The van der Waals surface area contributed by atoms with Crippen LogP contribution in [0.1, 0.15) is 33.7 Å². The Kier molecular flexibility index (Phi) is 5.35. The van der Waals surface area contributed by atoms with E-state index in [0.717, 1.165) is 4.90 Å². The molecule has 1 N–H and O–H groups in total. The third-order valence-electron chi connectivity index (χ3n) is 4.20. The molecule has 0 saturated heterocycles. The maximum atomic E-state index is 12.3. The third kappa shape index (κ3) is 3.74. The van der Waals surface area contributed by atoms with E-state index in [1.165, 1.54) is 13.3 Å². The summed E-state index contributed by atoms with van der Waals surface area (Å²) in [5.41, 5.74) is 0.984. The van der Waals surface area contributed by atoms with Gasteiger partial charge in [-0.15, -0.1) is 0 Å². The number of amides is 3. The van der Waals surface area contributed by atoms with Crippen LogP contribution >= 0.6 is 0 Å². The number of nitrogens with one attached hydrogen (secondary N) is 1. The second-order valence-corrected chi connectivity index (χ2v) is 5.88. The summed E-state index contributed by atoms with van der Waals surface area (Å²) in [6.07, 6.45) is 1.97. The van der Waals surface area contributed by atoms with Gasteiger partial charge >= 0.3 is 0 Å². The number of carbonyl (C=O) groups excluding carboxylic acids is 3.